The number of rotatable bonds is 10. The molecule has 0 spiro atoms. The molecule has 2 N–H and O–H groups in total. The Kier molecular flexibility index (Phi) is 9.55. The topological polar surface area (TPSA) is 133 Å². The Morgan fingerprint density at radius 1 is 0.759 bits per heavy atom. The van der Waals surface area contributed by atoms with Gasteiger partial charge in [-0.05, 0) is 82.9 Å². The van der Waals surface area contributed by atoms with Gasteiger partial charge in [0, 0.05) is 87.2 Å². The number of ether oxygens (including phenoxy) is 1. The monoisotopic (exact) mass is 789 g/mol. The van der Waals surface area contributed by atoms with Gasteiger partial charge in [0.25, 0.3) is 5.91 Å². The molecule has 5 aromatic rings. The van der Waals surface area contributed by atoms with Crippen LogP contribution in [0.15, 0.2) is 57.9 Å². The Hall–Kier alpha value is -5.47. The van der Waals surface area contributed by atoms with E-state index in [1.165, 1.54) is 18.9 Å². The lowest BCUT2D eigenvalue weighted by Crippen LogP contribution is -2.40. The molecule has 10 rings (SSSR count). The van der Waals surface area contributed by atoms with Crippen molar-refractivity contribution < 1.29 is 27.9 Å². The van der Waals surface area contributed by atoms with E-state index in [1.54, 1.807) is 15.7 Å². The van der Waals surface area contributed by atoms with Gasteiger partial charge in [0.15, 0.2) is 17.3 Å². The molecule has 0 bridgehead atoms. The first kappa shape index (κ1) is 36.8. The van der Waals surface area contributed by atoms with E-state index >= 15 is 4.39 Å². The third-order valence-corrected chi connectivity index (χ3v) is 12.7. The van der Waals surface area contributed by atoms with E-state index in [2.05, 4.69) is 20.4 Å². The van der Waals surface area contributed by atoms with Crippen molar-refractivity contribution in [3.63, 3.8) is 0 Å². The molecular weight excluding hydrogens is 742 g/mol. The quantitative estimate of drug-likeness (QED) is 0.194. The van der Waals surface area contributed by atoms with Crippen LogP contribution in [0, 0.1) is 5.82 Å². The van der Waals surface area contributed by atoms with E-state index < -0.39 is 17.2 Å². The van der Waals surface area contributed by atoms with Crippen molar-refractivity contribution in [2.24, 2.45) is 0 Å². The number of furan rings is 1. The smallest absolute Gasteiger partial charge is 0.259 e. The van der Waals surface area contributed by atoms with Crippen molar-refractivity contribution in [1.82, 2.24) is 29.9 Å². The number of para-hydroxylation sites is 1. The number of amides is 3. The first-order valence-corrected chi connectivity index (χ1v) is 20.9. The molecule has 3 amide bonds. The number of fused-ring (bicyclic) bond motifs is 5. The van der Waals surface area contributed by atoms with Gasteiger partial charge in [-0.15, -0.1) is 0 Å². The molecule has 5 aliphatic heterocycles. The summed E-state index contributed by atoms with van der Waals surface area (Å²) in [5.41, 5.74) is 1.71. The number of hydrogen-bond acceptors (Lipinski definition) is 9. The summed E-state index contributed by atoms with van der Waals surface area (Å²) in [7, 11) is 0. The summed E-state index contributed by atoms with van der Waals surface area (Å²) in [5, 5.41) is 7.97. The summed E-state index contributed by atoms with van der Waals surface area (Å²) in [6.07, 6.45) is 8.22. The highest BCUT2D eigenvalue weighted by atomic mass is 19.1. The standard InChI is InChI=1S/C44H48FN7O6/c45-33-21-31-40-43(41(33)50-19-9-27(24-50)46-38(53)11-17-48-13-3-4-14-48)58-37-22-30-29-7-1-2-8-35(29)57-36(30)23-34(37)52(40)26-32(42(31)55)44(56)51-20-10-28(25-51)47-39(54)12-18-49-15-5-6-16-49/h1-2,7-8,21-23,26-28H,3-6,9-20,24-25H2,(H,46,53)(H,47,54)/t27-,28-/m1/s1. The van der Waals surface area contributed by atoms with E-state index in [9.17, 15) is 19.2 Å². The van der Waals surface area contributed by atoms with Gasteiger partial charge in [0.2, 0.25) is 17.2 Å². The Morgan fingerprint density at radius 3 is 2.16 bits per heavy atom. The maximum Gasteiger partial charge on any atom is 0.259 e. The van der Waals surface area contributed by atoms with Crippen LogP contribution in [0.4, 0.5) is 10.1 Å². The minimum atomic E-state index is -0.645. The van der Waals surface area contributed by atoms with Crippen molar-refractivity contribution >= 4 is 56.3 Å². The normalized spacial score (nSPS) is 20.7. The van der Waals surface area contributed by atoms with Crippen LogP contribution in [-0.4, -0.2) is 115 Å². The van der Waals surface area contributed by atoms with Crippen molar-refractivity contribution in [3.05, 3.63) is 70.3 Å². The van der Waals surface area contributed by atoms with Gasteiger partial charge < -0.3 is 44.0 Å². The van der Waals surface area contributed by atoms with Crippen LogP contribution in [0.2, 0.25) is 0 Å². The zero-order chi connectivity index (χ0) is 39.5. The number of aromatic nitrogens is 1. The van der Waals surface area contributed by atoms with Gasteiger partial charge in [-0.25, -0.2) is 4.39 Å². The number of nitrogens with zero attached hydrogens (tertiary/aromatic N) is 5. The van der Waals surface area contributed by atoms with Crippen molar-refractivity contribution in [2.45, 2.75) is 63.5 Å². The van der Waals surface area contributed by atoms with E-state index in [1.807, 2.05) is 41.3 Å². The Bertz CT molecular complexity index is 2520. The SMILES string of the molecule is O=C(CCN1CCCC1)N[C@@H]1CCN(C(=O)c2cn3c4c(c(N5CC[C@@H](NC(=O)CCN6CCCC6)C5)c(F)cc4c2=O)Oc2cc4c(cc2-3)oc2ccccc24)C1. The average molecular weight is 790 g/mol. The fraction of sp³-hybridized carbons (Fsp3) is 0.455. The second-order valence-electron chi connectivity index (χ2n) is 16.6. The predicted molar refractivity (Wildman–Crippen MR) is 219 cm³/mol. The highest BCUT2D eigenvalue weighted by molar-refractivity contribution is 6.07. The summed E-state index contributed by atoms with van der Waals surface area (Å²) in [6, 6.07) is 12.2. The van der Waals surface area contributed by atoms with Gasteiger partial charge in [-0.2, -0.15) is 0 Å². The molecule has 58 heavy (non-hydrogen) atoms. The minimum absolute atomic E-state index is 0.0177. The molecule has 13 nitrogen and oxygen atoms in total. The van der Waals surface area contributed by atoms with Crippen LogP contribution in [0.3, 0.4) is 0 Å². The summed E-state index contributed by atoms with van der Waals surface area (Å²) < 4.78 is 31.3. The molecule has 7 heterocycles. The molecule has 4 saturated heterocycles. The van der Waals surface area contributed by atoms with Crippen LogP contribution in [0.1, 0.15) is 61.7 Å². The Balaban J connectivity index is 0.972. The molecule has 2 atom stereocenters. The number of anilines is 1. The van der Waals surface area contributed by atoms with Gasteiger partial charge in [0.05, 0.1) is 11.1 Å². The highest BCUT2D eigenvalue weighted by Gasteiger charge is 2.36. The number of carbonyl (C=O) groups is 3. The highest BCUT2D eigenvalue weighted by Crippen LogP contribution is 2.49. The molecule has 0 unspecified atom stereocenters. The molecule has 4 fully saturated rings. The predicted octanol–water partition coefficient (Wildman–Crippen LogP) is 5.13. The average Bonchev–Trinajstić information content (AvgIpc) is 4.08. The van der Waals surface area contributed by atoms with Crippen molar-refractivity contribution in [1.29, 1.82) is 0 Å². The lowest BCUT2D eigenvalue weighted by atomic mass is 10.0. The summed E-state index contributed by atoms with van der Waals surface area (Å²) in [5.74, 6) is -0.576. The largest absolute Gasteiger partial charge is 0.456 e. The van der Waals surface area contributed by atoms with Gasteiger partial charge >= 0.3 is 0 Å². The maximum absolute atomic E-state index is 16.7. The van der Waals surface area contributed by atoms with Gasteiger partial charge in [0.1, 0.15) is 27.9 Å². The lowest BCUT2D eigenvalue weighted by molar-refractivity contribution is -0.122. The number of pyridine rings is 1. The molecular formula is C44H48FN7O6. The summed E-state index contributed by atoms with van der Waals surface area (Å²) in [6.45, 7) is 7.03. The number of likely N-dealkylation sites (tertiary alicyclic amines) is 3. The molecule has 0 aliphatic carbocycles. The van der Waals surface area contributed by atoms with Crippen LogP contribution in [-0.2, 0) is 9.59 Å². The van der Waals surface area contributed by atoms with E-state index in [0.29, 0.717) is 73.4 Å². The fourth-order valence-electron chi connectivity index (χ4n) is 9.72. The molecule has 5 aliphatic rings. The third-order valence-electron chi connectivity index (χ3n) is 12.7. The number of benzene rings is 3. The van der Waals surface area contributed by atoms with Crippen molar-refractivity contribution in [2.75, 3.05) is 70.3 Å². The van der Waals surface area contributed by atoms with Crippen LogP contribution < -0.4 is 25.7 Å². The number of nitrogens with one attached hydrogen (secondary N) is 2. The van der Waals surface area contributed by atoms with Crippen LogP contribution in [0.25, 0.3) is 38.5 Å². The molecule has 302 valence electrons. The second-order valence-corrected chi connectivity index (χ2v) is 16.6. The first-order valence-electron chi connectivity index (χ1n) is 20.9. The zero-order valence-electron chi connectivity index (χ0n) is 32.6. The van der Waals surface area contributed by atoms with Crippen LogP contribution in [0.5, 0.6) is 11.5 Å². The van der Waals surface area contributed by atoms with E-state index in [-0.39, 0.29) is 52.8 Å². The van der Waals surface area contributed by atoms with E-state index in [0.717, 1.165) is 62.9 Å². The second kappa shape index (κ2) is 15.0. The summed E-state index contributed by atoms with van der Waals surface area (Å²) in [4.78, 5) is 62.4. The maximum atomic E-state index is 16.7. The van der Waals surface area contributed by atoms with Gasteiger partial charge in [-0.3, -0.25) is 19.2 Å². The molecule has 2 aromatic heterocycles. The van der Waals surface area contributed by atoms with Gasteiger partial charge in [-0.1, -0.05) is 18.2 Å². The van der Waals surface area contributed by atoms with Crippen LogP contribution >= 0.6 is 0 Å². The number of carbonyl (C=O) groups excluding carboxylic acids is 3. The fourth-order valence-corrected chi connectivity index (χ4v) is 9.72. The number of halogens is 1. The molecule has 0 radical (unpaired) electrons. The molecule has 14 heteroatoms. The summed E-state index contributed by atoms with van der Waals surface area (Å²) >= 11 is 0. The number of hydrogen-bond donors (Lipinski definition) is 2. The Morgan fingerprint density at radius 2 is 1.43 bits per heavy atom. The Labute approximate surface area is 334 Å². The molecule has 3 aromatic carbocycles. The zero-order valence-corrected chi connectivity index (χ0v) is 32.6. The lowest BCUT2D eigenvalue weighted by Gasteiger charge is -2.29. The van der Waals surface area contributed by atoms with Crippen molar-refractivity contribution in [3.8, 4) is 17.2 Å². The van der Waals surface area contributed by atoms with E-state index in [4.69, 9.17) is 9.15 Å². The third kappa shape index (κ3) is 6.75. The first-order chi connectivity index (χ1) is 28.3. The minimum Gasteiger partial charge on any atom is -0.456 e. The molecule has 0 saturated carbocycles.